The van der Waals surface area contributed by atoms with Gasteiger partial charge in [-0.3, -0.25) is 0 Å². The molecule has 6 heteroatoms. The van der Waals surface area contributed by atoms with Crippen LogP contribution in [0.25, 0.3) is 0 Å². The van der Waals surface area contributed by atoms with Crippen molar-refractivity contribution in [3.63, 3.8) is 0 Å². The number of carboxylic acid groups (broad SMARTS) is 1. The molecule has 0 aromatic heterocycles. The number of hydrogen-bond donors (Lipinski definition) is 1. The number of carbonyl (C=O) groups is 1. The highest BCUT2D eigenvalue weighted by Crippen LogP contribution is 2.49. The van der Waals surface area contributed by atoms with Gasteiger partial charge >= 0.3 is 6.09 Å². The maximum absolute atomic E-state index is 11.3. The Hall–Kier alpha value is -2.21. The molecular formula is C18H21NO5. The van der Waals surface area contributed by atoms with E-state index in [0.29, 0.717) is 13.2 Å². The monoisotopic (exact) mass is 331 g/mol. The summed E-state index contributed by atoms with van der Waals surface area (Å²) in [6.07, 6.45) is 6.01. The predicted octanol–water partition coefficient (Wildman–Crippen LogP) is 2.90. The highest BCUT2D eigenvalue weighted by molar-refractivity contribution is 5.64. The van der Waals surface area contributed by atoms with Gasteiger partial charge in [0.15, 0.2) is 11.5 Å². The summed E-state index contributed by atoms with van der Waals surface area (Å²) in [4.78, 5) is 12.6. The van der Waals surface area contributed by atoms with E-state index in [0.717, 1.165) is 36.3 Å². The summed E-state index contributed by atoms with van der Waals surface area (Å²) in [5.41, 5.74) is 2.11. The molecule has 1 spiro atoms. The molecule has 24 heavy (non-hydrogen) atoms. The van der Waals surface area contributed by atoms with Crippen molar-refractivity contribution < 1.29 is 24.1 Å². The van der Waals surface area contributed by atoms with Crippen molar-refractivity contribution in [1.29, 1.82) is 0 Å². The molecule has 1 aliphatic carbocycles. The lowest BCUT2D eigenvalue weighted by atomic mass is 9.65. The van der Waals surface area contributed by atoms with Crippen LogP contribution >= 0.6 is 0 Å². The topological polar surface area (TPSA) is 68.2 Å². The van der Waals surface area contributed by atoms with Crippen LogP contribution in [-0.4, -0.2) is 42.6 Å². The molecule has 0 saturated carbocycles. The number of likely N-dealkylation sites (N-methyl/N-ethyl adjacent to an activating group) is 1. The Balaban J connectivity index is 1.76. The van der Waals surface area contributed by atoms with Gasteiger partial charge in [-0.05, 0) is 42.5 Å². The first-order chi connectivity index (χ1) is 11.6. The molecule has 2 atom stereocenters. The zero-order valence-electron chi connectivity index (χ0n) is 13.7. The van der Waals surface area contributed by atoms with Gasteiger partial charge < -0.3 is 24.2 Å². The number of nitrogens with zero attached hydrogens (tertiary/aromatic N) is 1. The number of allylic oxidation sites excluding steroid dienone is 2. The molecule has 2 aliphatic heterocycles. The number of rotatable bonds is 2. The third-order valence-corrected chi connectivity index (χ3v) is 5.36. The molecule has 0 radical (unpaired) electrons. The molecule has 0 saturated heterocycles. The fourth-order valence-corrected chi connectivity index (χ4v) is 4.04. The van der Waals surface area contributed by atoms with Crippen LogP contribution in [0.3, 0.4) is 0 Å². The van der Waals surface area contributed by atoms with E-state index in [1.165, 1.54) is 10.5 Å². The number of fused-ring (bicyclic) bond motifs is 3. The summed E-state index contributed by atoms with van der Waals surface area (Å²) in [6.45, 7) is 1.07. The smallest absolute Gasteiger partial charge is 0.407 e. The van der Waals surface area contributed by atoms with Crippen LogP contribution < -0.4 is 9.47 Å². The summed E-state index contributed by atoms with van der Waals surface area (Å²) in [7, 11) is 1.59. The van der Waals surface area contributed by atoms with Crippen LogP contribution in [0.15, 0.2) is 24.3 Å². The Morgan fingerprint density at radius 2 is 2.12 bits per heavy atom. The normalized spacial score (nSPS) is 27.1. The first kappa shape index (κ1) is 15.3. The van der Waals surface area contributed by atoms with Crippen LogP contribution in [0.5, 0.6) is 11.5 Å². The van der Waals surface area contributed by atoms with Gasteiger partial charge in [0.05, 0.1) is 19.3 Å². The third-order valence-electron chi connectivity index (χ3n) is 5.36. The molecule has 0 bridgehead atoms. The minimum Gasteiger partial charge on any atom is -0.465 e. The van der Waals surface area contributed by atoms with Gasteiger partial charge in [0, 0.05) is 12.5 Å². The zero-order valence-corrected chi connectivity index (χ0v) is 13.7. The first-order valence-electron chi connectivity index (χ1n) is 8.24. The SMILES string of the molecule is CN(C[C@@H]1OCc2cc3c(cc2[C@]12CC=CCC2)OCO3)C(=O)O. The molecule has 0 fully saturated rings. The van der Waals surface area contributed by atoms with Crippen molar-refractivity contribution >= 4 is 6.09 Å². The van der Waals surface area contributed by atoms with E-state index in [2.05, 4.69) is 18.2 Å². The van der Waals surface area contributed by atoms with Crippen molar-refractivity contribution in [2.75, 3.05) is 20.4 Å². The highest BCUT2D eigenvalue weighted by Gasteiger charge is 2.46. The molecule has 1 N–H and O–H groups in total. The molecule has 6 nitrogen and oxygen atoms in total. The number of hydrogen-bond acceptors (Lipinski definition) is 4. The molecule has 1 amide bonds. The third kappa shape index (κ3) is 2.33. The lowest BCUT2D eigenvalue weighted by Crippen LogP contribution is -2.51. The van der Waals surface area contributed by atoms with Crippen molar-refractivity contribution in [3.05, 3.63) is 35.4 Å². The minimum atomic E-state index is -0.934. The van der Waals surface area contributed by atoms with Crippen LogP contribution in [0.2, 0.25) is 0 Å². The van der Waals surface area contributed by atoms with Crippen molar-refractivity contribution in [1.82, 2.24) is 4.90 Å². The number of amides is 1. The Morgan fingerprint density at radius 3 is 2.83 bits per heavy atom. The molecular weight excluding hydrogens is 310 g/mol. The van der Waals surface area contributed by atoms with E-state index in [-0.39, 0.29) is 18.3 Å². The average Bonchev–Trinajstić information content (AvgIpc) is 3.04. The van der Waals surface area contributed by atoms with E-state index >= 15 is 0 Å². The Kier molecular flexibility index (Phi) is 3.64. The second kappa shape index (κ2) is 5.70. The Bertz CT molecular complexity index is 701. The van der Waals surface area contributed by atoms with Crippen molar-refractivity contribution in [3.8, 4) is 11.5 Å². The van der Waals surface area contributed by atoms with E-state index in [4.69, 9.17) is 14.2 Å². The zero-order chi connectivity index (χ0) is 16.7. The molecule has 0 unspecified atom stereocenters. The number of benzene rings is 1. The van der Waals surface area contributed by atoms with Crippen molar-refractivity contribution in [2.45, 2.75) is 37.4 Å². The largest absolute Gasteiger partial charge is 0.465 e. The summed E-state index contributed by atoms with van der Waals surface area (Å²) < 4.78 is 17.2. The first-order valence-corrected chi connectivity index (χ1v) is 8.24. The van der Waals surface area contributed by atoms with Crippen LogP contribution in [0, 0.1) is 0 Å². The Morgan fingerprint density at radius 1 is 1.33 bits per heavy atom. The van der Waals surface area contributed by atoms with Gasteiger partial charge in [-0.1, -0.05) is 12.2 Å². The van der Waals surface area contributed by atoms with Crippen LogP contribution in [-0.2, 0) is 16.8 Å². The van der Waals surface area contributed by atoms with E-state index in [9.17, 15) is 9.90 Å². The quantitative estimate of drug-likeness (QED) is 0.844. The predicted molar refractivity (Wildman–Crippen MR) is 86.5 cm³/mol. The summed E-state index contributed by atoms with van der Waals surface area (Å²) in [5.74, 6) is 1.54. The van der Waals surface area contributed by atoms with E-state index in [1.807, 2.05) is 6.07 Å². The Labute approximate surface area is 140 Å². The lowest BCUT2D eigenvalue weighted by molar-refractivity contribution is -0.0481. The summed E-state index contributed by atoms with van der Waals surface area (Å²) in [6, 6.07) is 4.09. The van der Waals surface area contributed by atoms with Gasteiger partial charge in [-0.2, -0.15) is 0 Å². The average molecular weight is 331 g/mol. The maximum atomic E-state index is 11.3. The second-order valence-electron chi connectivity index (χ2n) is 6.70. The molecule has 1 aromatic carbocycles. The van der Waals surface area contributed by atoms with Gasteiger partial charge in [0.25, 0.3) is 0 Å². The van der Waals surface area contributed by atoms with Gasteiger partial charge in [0.1, 0.15) is 0 Å². The van der Waals surface area contributed by atoms with Crippen LogP contribution in [0.4, 0.5) is 4.79 Å². The van der Waals surface area contributed by atoms with Gasteiger partial charge in [-0.15, -0.1) is 0 Å². The maximum Gasteiger partial charge on any atom is 0.407 e. The van der Waals surface area contributed by atoms with Gasteiger partial charge in [0.2, 0.25) is 6.79 Å². The molecule has 128 valence electrons. The lowest BCUT2D eigenvalue weighted by Gasteiger charge is -2.47. The fourth-order valence-electron chi connectivity index (χ4n) is 4.04. The summed E-state index contributed by atoms with van der Waals surface area (Å²) >= 11 is 0. The molecule has 3 aliphatic rings. The molecule has 4 rings (SSSR count). The number of ether oxygens (including phenoxy) is 3. The van der Waals surface area contributed by atoms with E-state index < -0.39 is 6.09 Å². The second-order valence-corrected chi connectivity index (χ2v) is 6.70. The van der Waals surface area contributed by atoms with E-state index in [1.54, 1.807) is 7.05 Å². The molecule has 2 heterocycles. The fraction of sp³-hybridized carbons (Fsp3) is 0.500. The van der Waals surface area contributed by atoms with Crippen LogP contribution in [0.1, 0.15) is 30.4 Å². The standard InChI is InChI=1S/C18H21NO5/c1-19(17(20)21)9-16-18(5-3-2-4-6-18)13-8-15-14(23-11-24-15)7-12(13)10-22-16/h2-3,7-8,16H,4-6,9-11H2,1H3,(H,20,21)/t16-,18+/m0/s1. The minimum absolute atomic E-state index is 0.170. The van der Waals surface area contributed by atoms with Crippen molar-refractivity contribution in [2.24, 2.45) is 0 Å². The van der Waals surface area contributed by atoms with Gasteiger partial charge in [-0.25, -0.2) is 4.79 Å². The molecule has 1 aromatic rings. The highest BCUT2D eigenvalue weighted by atomic mass is 16.7. The summed E-state index contributed by atoms with van der Waals surface area (Å²) in [5, 5.41) is 9.24.